The summed E-state index contributed by atoms with van der Waals surface area (Å²) in [6.45, 7) is 1.72. The predicted molar refractivity (Wildman–Crippen MR) is 114 cm³/mol. The number of nitrogens with one attached hydrogen (secondary N) is 2. The van der Waals surface area contributed by atoms with Crippen molar-refractivity contribution < 1.29 is 22.8 Å². The van der Waals surface area contributed by atoms with Crippen molar-refractivity contribution in [2.75, 3.05) is 25.1 Å². The fourth-order valence-corrected chi connectivity index (χ4v) is 4.34. The first kappa shape index (κ1) is 22.4. The van der Waals surface area contributed by atoms with E-state index in [0.29, 0.717) is 44.2 Å². The Hall–Kier alpha value is -2.78. The molecule has 170 valence electrons. The number of piperidine rings is 1. The Bertz CT molecular complexity index is 988. The van der Waals surface area contributed by atoms with Crippen molar-refractivity contribution in [1.82, 2.24) is 15.1 Å². The van der Waals surface area contributed by atoms with E-state index >= 15 is 0 Å². The molecule has 2 aliphatic rings. The topological polar surface area (TPSA) is 64.7 Å². The highest BCUT2D eigenvalue weighted by Gasteiger charge is 2.50. The van der Waals surface area contributed by atoms with Gasteiger partial charge in [-0.1, -0.05) is 23.7 Å². The van der Waals surface area contributed by atoms with E-state index in [9.17, 15) is 22.8 Å². The van der Waals surface area contributed by atoms with Crippen molar-refractivity contribution in [2.45, 2.75) is 31.1 Å². The predicted octanol–water partition coefficient (Wildman–Crippen LogP) is 4.31. The largest absolute Gasteiger partial charge is 0.416 e. The van der Waals surface area contributed by atoms with Crippen LogP contribution in [-0.4, -0.2) is 47.0 Å². The van der Waals surface area contributed by atoms with Crippen molar-refractivity contribution in [3.63, 3.8) is 0 Å². The molecule has 3 amide bonds. The second kappa shape index (κ2) is 8.63. The molecule has 4 rings (SSSR count). The normalized spacial score (nSPS) is 18.6. The summed E-state index contributed by atoms with van der Waals surface area (Å²) < 4.78 is 38.1. The van der Waals surface area contributed by atoms with Crippen LogP contribution in [0.2, 0.25) is 5.02 Å². The summed E-state index contributed by atoms with van der Waals surface area (Å²) in [4.78, 5) is 29.0. The number of amides is 3. The third-order valence-electron chi connectivity index (χ3n) is 6.09. The van der Waals surface area contributed by atoms with Crippen LogP contribution >= 0.6 is 11.6 Å². The number of urea groups is 1. The van der Waals surface area contributed by atoms with Crippen LogP contribution in [0.15, 0.2) is 48.5 Å². The SMILES string of the molecule is O=C(Nc1ccc(C(F)(F)F)cc1)N1CCC2(CC1)C(=O)NCN2Cc1ccc(Cl)cc1. The highest BCUT2D eigenvalue weighted by atomic mass is 35.5. The van der Waals surface area contributed by atoms with Crippen LogP contribution in [0.25, 0.3) is 0 Å². The van der Waals surface area contributed by atoms with Gasteiger partial charge < -0.3 is 15.5 Å². The average Bonchev–Trinajstić information content (AvgIpc) is 3.05. The Kier molecular flexibility index (Phi) is 6.05. The molecule has 0 aromatic heterocycles. The Morgan fingerprint density at radius 3 is 2.28 bits per heavy atom. The number of alkyl halides is 3. The van der Waals surface area contributed by atoms with Crippen LogP contribution in [-0.2, 0) is 17.5 Å². The molecule has 2 aromatic carbocycles. The van der Waals surface area contributed by atoms with Gasteiger partial charge in [0, 0.05) is 30.3 Å². The summed E-state index contributed by atoms with van der Waals surface area (Å²) >= 11 is 5.95. The second-order valence-corrected chi connectivity index (χ2v) is 8.45. The van der Waals surface area contributed by atoms with Crippen LogP contribution in [0.4, 0.5) is 23.7 Å². The zero-order valence-corrected chi connectivity index (χ0v) is 17.8. The molecule has 2 heterocycles. The highest BCUT2D eigenvalue weighted by Crippen LogP contribution is 2.34. The molecule has 10 heteroatoms. The van der Waals surface area contributed by atoms with E-state index in [1.807, 2.05) is 24.3 Å². The smallest absolute Gasteiger partial charge is 0.342 e. The van der Waals surface area contributed by atoms with Crippen LogP contribution in [0.3, 0.4) is 0 Å². The molecule has 32 heavy (non-hydrogen) atoms. The number of carbonyl (C=O) groups excluding carboxylic acids is 2. The van der Waals surface area contributed by atoms with E-state index < -0.39 is 23.3 Å². The maximum atomic E-state index is 12.7. The van der Waals surface area contributed by atoms with Gasteiger partial charge in [0.15, 0.2) is 0 Å². The van der Waals surface area contributed by atoms with Crippen molar-refractivity contribution in [1.29, 1.82) is 0 Å². The van der Waals surface area contributed by atoms with E-state index in [1.165, 1.54) is 12.1 Å². The lowest BCUT2D eigenvalue weighted by Crippen LogP contribution is -2.57. The third-order valence-corrected chi connectivity index (χ3v) is 6.34. The number of carbonyl (C=O) groups is 2. The van der Waals surface area contributed by atoms with Crippen LogP contribution < -0.4 is 10.6 Å². The minimum atomic E-state index is -4.43. The molecule has 0 radical (unpaired) electrons. The number of anilines is 1. The summed E-state index contributed by atoms with van der Waals surface area (Å²) in [6, 6.07) is 11.4. The molecular weight excluding hydrogens is 445 g/mol. The minimum Gasteiger partial charge on any atom is -0.342 e. The first-order chi connectivity index (χ1) is 15.2. The Morgan fingerprint density at radius 1 is 1.06 bits per heavy atom. The summed E-state index contributed by atoms with van der Waals surface area (Å²) in [6.07, 6.45) is -3.50. The number of hydrogen-bond acceptors (Lipinski definition) is 3. The highest BCUT2D eigenvalue weighted by molar-refractivity contribution is 6.30. The van der Waals surface area contributed by atoms with Gasteiger partial charge in [-0.3, -0.25) is 9.69 Å². The monoisotopic (exact) mass is 466 g/mol. The number of hydrogen-bond donors (Lipinski definition) is 2. The van der Waals surface area contributed by atoms with Gasteiger partial charge in [-0.15, -0.1) is 0 Å². The van der Waals surface area contributed by atoms with Gasteiger partial charge in [0.2, 0.25) is 5.91 Å². The van der Waals surface area contributed by atoms with Crippen LogP contribution in [0.1, 0.15) is 24.0 Å². The maximum absolute atomic E-state index is 12.7. The zero-order valence-electron chi connectivity index (χ0n) is 17.1. The van der Waals surface area contributed by atoms with Gasteiger partial charge in [0.25, 0.3) is 0 Å². The van der Waals surface area contributed by atoms with E-state index in [1.54, 1.807) is 4.90 Å². The lowest BCUT2D eigenvalue weighted by atomic mass is 9.86. The molecule has 2 saturated heterocycles. The summed E-state index contributed by atoms with van der Waals surface area (Å²) in [5, 5.41) is 6.19. The van der Waals surface area contributed by atoms with Crippen LogP contribution in [0, 0.1) is 0 Å². The Balaban J connectivity index is 1.38. The molecule has 0 aliphatic carbocycles. The first-order valence-electron chi connectivity index (χ1n) is 10.2. The molecule has 2 N–H and O–H groups in total. The number of benzene rings is 2. The van der Waals surface area contributed by atoms with Gasteiger partial charge in [0.1, 0.15) is 5.54 Å². The molecule has 2 fully saturated rings. The van der Waals surface area contributed by atoms with Crippen molar-refractivity contribution in [3.05, 3.63) is 64.7 Å². The summed E-state index contributed by atoms with van der Waals surface area (Å²) in [5.41, 5.74) is -0.146. The molecular formula is C22H22ClF3N4O2. The van der Waals surface area contributed by atoms with Crippen molar-refractivity contribution >= 4 is 29.2 Å². The molecule has 2 aromatic rings. The quantitative estimate of drug-likeness (QED) is 0.708. The fourth-order valence-electron chi connectivity index (χ4n) is 4.21. The Labute approximate surface area is 188 Å². The van der Waals surface area contributed by atoms with Gasteiger partial charge in [-0.2, -0.15) is 13.2 Å². The van der Waals surface area contributed by atoms with Crippen LogP contribution in [0.5, 0.6) is 0 Å². The fraction of sp³-hybridized carbons (Fsp3) is 0.364. The maximum Gasteiger partial charge on any atom is 0.416 e. The standard InChI is InChI=1S/C22H22ClF3N4O2/c23-17-5-1-15(2-6-17)13-30-14-27-19(31)21(30)9-11-29(12-10-21)20(32)28-18-7-3-16(4-8-18)22(24,25)26/h1-8H,9-14H2,(H,27,31)(H,28,32). The van der Waals surface area contributed by atoms with E-state index in [-0.39, 0.29) is 11.6 Å². The zero-order chi connectivity index (χ0) is 22.9. The van der Waals surface area contributed by atoms with E-state index in [4.69, 9.17) is 11.6 Å². The molecule has 2 aliphatic heterocycles. The average molecular weight is 467 g/mol. The Morgan fingerprint density at radius 2 is 1.69 bits per heavy atom. The third kappa shape index (κ3) is 4.54. The summed E-state index contributed by atoms with van der Waals surface area (Å²) in [5.74, 6) is -0.0470. The van der Waals surface area contributed by atoms with E-state index in [2.05, 4.69) is 15.5 Å². The second-order valence-electron chi connectivity index (χ2n) is 8.01. The molecule has 0 bridgehead atoms. The number of rotatable bonds is 3. The molecule has 0 atom stereocenters. The minimum absolute atomic E-state index is 0.0470. The number of likely N-dealkylation sites (tertiary alicyclic amines) is 1. The lowest BCUT2D eigenvalue weighted by Gasteiger charge is -2.42. The van der Waals surface area contributed by atoms with Gasteiger partial charge in [0.05, 0.1) is 12.2 Å². The lowest BCUT2D eigenvalue weighted by molar-refractivity contribution is -0.137. The molecule has 0 unspecified atom stereocenters. The molecule has 0 saturated carbocycles. The first-order valence-corrected chi connectivity index (χ1v) is 10.6. The van der Waals surface area contributed by atoms with Gasteiger partial charge in [-0.05, 0) is 54.8 Å². The molecule has 1 spiro atoms. The summed E-state index contributed by atoms with van der Waals surface area (Å²) in [7, 11) is 0. The van der Waals surface area contributed by atoms with Gasteiger partial charge >= 0.3 is 12.2 Å². The molecule has 6 nitrogen and oxygen atoms in total. The number of halogens is 4. The van der Waals surface area contributed by atoms with Crippen molar-refractivity contribution in [3.8, 4) is 0 Å². The number of nitrogens with zero attached hydrogens (tertiary/aromatic N) is 2. The van der Waals surface area contributed by atoms with Gasteiger partial charge in [-0.25, -0.2) is 4.79 Å². The van der Waals surface area contributed by atoms with E-state index in [0.717, 1.165) is 17.7 Å². The van der Waals surface area contributed by atoms with Crippen molar-refractivity contribution in [2.24, 2.45) is 0 Å².